The molecule has 23 heteroatoms. The van der Waals surface area contributed by atoms with Crippen molar-refractivity contribution in [3.05, 3.63) is 108 Å². The van der Waals surface area contributed by atoms with Crippen LogP contribution in [-0.2, 0) is 25.0 Å². The number of piperidine rings is 1. The van der Waals surface area contributed by atoms with E-state index < -0.39 is 30.0 Å². The summed E-state index contributed by atoms with van der Waals surface area (Å²) in [5.41, 5.74) is 1.71. The van der Waals surface area contributed by atoms with Gasteiger partial charge in [-0.05, 0) is 78.9 Å². The Morgan fingerprint density at radius 1 is 0.484 bits per heavy atom. The third-order valence-electron chi connectivity index (χ3n) is 9.76. The van der Waals surface area contributed by atoms with Gasteiger partial charge in [0.1, 0.15) is 20.2 Å². The Kier molecular flexibility index (Phi) is 16.7. The van der Waals surface area contributed by atoms with Crippen molar-refractivity contribution in [2.24, 2.45) is 0 Å². The van der Waals surface area contributed by atoms with E-state index in [0.29, 0.717) is 38.2 Å². The molecule has 0 amide bonds. The van der Waals surface area contributed by atoms with Gasteiger partial charge in [-0.15, -0.1) is 0 Å². The number of nitrogens with zero attached hydrogens (tertiary/aromatic N) is 8. The van der Waals surface area contributed by atoms with E-state index in [0.717, 1.165) is 55.9 Å². The molecule has 0 radical (unpaired) electrons. The molecule has 0 spiro atoms. The first-order valence-electron chi connectivity index (χ1n) is 19.6. The standard InChI is InChI=1S/C41H42N12O7S2.2Na/c54-61(55,56)34-26-32(44-38-46-36(42-30-10-4-1-5-11-30)48-40(50-38)52-20-8-3-9-21-52)18-16-28(34)14-15-29-17-19-33(27-35(29)62(57,58)59)45-39-47-37(43-31-12-6-2-7-13-31)49-41(51-39)53-22-24-60-25-23-53;;/h1-2,4-7,10-19,26-27H,3,8-9,20-25H2,(H,54,55,56)(H,57,58,59)(H2,42,44,46,48,50)(H2,43,45,47,49,51);;/q;2*+1/p-2/b15-14+;;. The molecule has 2 aliphatic heterocycles. The van der Waals surface area contributed by atoms with Crippen LogP contribution >= 0.6 is 0 Å². The Labute approximate surface area is 414 Å². The second-order valence-corrected chi connectivity index (χ2v) is 16.9. The summed E-state index contributed by atoms with van der Waals surface area (Å²) in [4.78, 5) is 30.0. The zero-order valence-corrected chi connectivity index (χ0v) is 40.6. The van der Waals surface area contributed by atoms with Crippen LogP contribution < -0.4 is 90.2 Å². The minimum atomic E-state index is -5.09. The zero-order chi connectivity index (χ0) is 43.1. The summed E-state index contributed by atoms with van der Waals surface area (Å²) >= 11 is 0. The van der Waals surface area contributed by atoms with Gasteiger partial charge in [-0.3, -0.25) is 0 Å². The van der Waals surface area contributed by atoms with Gasteiger partial charge >= 0.3 is 59.1 Å². The van der Waals surface area contributed by atoms with Crippen LogP contribution in [0.15, 0.2) is 107 Å². The van der Waals surface area contributed by atoms with Crippen LogP contribution in [0.3, 0.4) is 0 Å². The van der Waals surface area contributed by atoms with Crippen LogP contribution in [0.25, 0.3) is 12.2 Å². The van der Waals surface area contributed by atoms with E-state index in [-0.39, 0.29) is 105 Å². The van der Waals surface area contributed by atoms with E-state index in [4.69, 9.17) is 4.74 Å². The average molecular weight is 923 g/mol. The SMILES string of the molecule is O=S(=O)([O-])c1cc(Nc2nc(Nc3ccccc3)nc(N3CCCCC3)n2)ccc1/C=C/c1ccc(Nc2nc(Nc3ccccc3)nc(N3CCOCC3)n2)cc1S(=O)(=O)[O-].[Na+].[Na+]. The van der Waals surface area contributed by atoms with E-state index >= 15 is 0 Å². The maximum atomic E-state index is 12.6. The molecule has 0 atom stereocenters. The Balaban J connectivity index is 0.00000340. The summed E-state index contributed by atoms with van der Waals surface area (Å²) in [6.45, 7) is 3.54. The van der Waals surface area contributed by atoms with Crippen molar-refractivity contribution in [3.8, 4) is 0 Å². The first kappa shape index (κ1) is 48.7. The Hall–Kier alpha value is -4.78. The van der Waals surface area contributed by atoms with Crippen LogP contribution in [0.4, 0.5) is 58.4 Å². The van der Waals surface area contributed by atoms with Gasteiger partial charge in [0, 0.05) is 48.9 Å². The summed E-state index contributed by atoms with van der Waals surface area (Å²) in [5, 5.41) is 12.3. The van der Waals surface area contributed by atoms with Crippen LogP contribution in [0.1, 0.15) is 30.4 Å². The fourth-order valence-corrected chi connectivity index (χ4v) is 8.16. The fraction of sp³-hybridized carbons (Fsp3) is 0.220. The molecule has 2 aromatic heterocycles. The van der Waals surface area contributed by atoms with E-state index in [2.05, 4.69) is 51.2 Å². The number of morpholine rings is 1. The van der Waals surface area contributed by atoms with E-state index in [1.807, 2.05) is 70.5 Å². The van der Waals surface area contributed by atoms with Crippen molar-refractivity contribution in [2.45, 2.75) is 29.1 Å². The van der Waals surface area contributed by atoms with Crippen molar-refractivity contribution >= 4 is 90.8 Å². The van der Waals surface area contributed by atoms with E-state index in [1.54, 1.807) is 0 Å². The third kappa shape index (κ3) is 12.9. The van der Waals surface area contributed by atoms with Crippen LogP contribution in [0, 0.1) is 0 Å². The summed E-state index contributed by atoms with van der Waals surface area (Å²) in [6.07, 6.45) is 5.53. The molecule has 2 fully saturated rings. The molecule has 320 valence electrons. The molecule has 4 aromatic carbocycles. The van der Waals surface area contributed by atoms with Gasteiger partial charge in [0.15, 0.2) is 0 Å². The van der Waals surface area contributed by atoms with Gasteiger partial charge in [0.2, 0.25) is 35.7 Å². The second kappa shape index (κ2) is 21.9. The molecule has 0 unspecified atom stereocenters. The van der Waals surface area contributed by atoms with Crippen molar-refractivity contribution in [1.82, 2.24) is 29.9 Å². The zero-order valence-electron chi connectivity index (χ0n) is 35.0. The molecule has 0 bridgehead atoms. The largest absolute Gasteiger partial charge is 1.00 e. The molecular weight excluding hydrogens is 883 g/mol. The van der Waals surface area contributed by atoms with E-state index in [9.17, 15) is 25.9 Å². The van der Waals surface area contributed by atoms with Crippen molar-refractivity contribution in [1.29, 1.82) is 0 Å². The van der Waals surface area contributed by atoms with Crippen molar-refractivity contribution < 1.29 is 89.8 Å². The molecule has 0 saturated carbocycles. The first-order chi connectivity index (χ1) is 29.9. The van der Waals surface area contributed by atoms with Crippen LogP contribution in [0.2, 0.25) is 0 Å². The maximum Gasteiger partial charge on any atom is 1.00 e. The molecule has 2 aliphatic rings. The fourth-order valence-electron chi connectivity index (χ4n) is 6.76. The number of hydrogen-bond donors (Lipinski definition) is 4. The molecule has 8 rings (SSSR count). The summed E-state index contributed by atoms with van der Waals surface area (Å²) < 4.78 is 81.2. The van der Waals surface area contributed by atoms with Crippen molar-refractivity contribution in [3.63, 3.8) is 0 Å². The number of rotatable bonds is 14. The summed E-state index contributed by atoms with van der Waals surface area (Å²) in [6, 6.07) is 26.6. The maximum absolute atomic E-state index is 12.6. The van der Waals surface area contributed by atoms with Gasteiger partial charge in [-0.2, -0.15) is 29.9 Å². The normalized spacial score (nSPS) is 14.3. The van der Waals surface area contributed by atoms with Crippen LogP contribution in [-0.4, -0.2) is 95.2 Å². The Morgan fingerprint density at radius 3 is 1.25 bits per heavy atom. The molecule has 4 N–H and O–H groups in total. The monoisotopic (exact) mass is 922 g/mol. The second-order valence-electron chi connectivity index (χ2n) is 14.2. The average Bonchev–Trinajstić information content (AvgIpc) is 3.27. The number of aromatic nitrogens is 6. The molecule has 64 heavy (non-hydrogen) atoms. The van der Waals surface area contributed by atoms with Gasteiger partial charge in [0.25, 0.3) is 0 Å². The minimum Gasteiger partial charge on any atom is -0.744 e. The van der Waals surface area contributed by atoms with E-state index in [1.165, 1.54) is 36.4 Å². The molecule has 0 aliphatic carbocycles. The Bertz CT molecular complexity index is 2610. The number of ether oxygens (including phenoxy) is 1. The third-order valence-corrected chi connectivity index (χ3v) is 11.5. The number of nitrogens with one attached hydrogen (secondary N) is 4. The van der Waals surface area contributed by atoms with Crippen molar-refractivity contribution in [2.75, 3.05) is 70.5 Å². The minimum absolute atomic E-state index is 0. The summed E-state index contributed by atoms with van der Waals surface area (Å²) in [5.74, 6) is 1.43. The molecule has 2 saturated heterocycles. The topological polar surface area (TPSA) is 256 Å². The number of benzene rings is 4. The quantitative estimate of drug-likeness (QED) is 0.0629. The van der Waals surface area contributed by atoms with Gasteiger partial charge < -0.3 is 44.9 Å². The van der Waals surface area contributed by atoms with Gasteiger partial charge in [0.05, 0.1) is 23.0 Å². The molecule has 4 heterocycles. The smallest absolute Gasteiger partial charge is 0.744 e. The number of para-hydroxylation sites is 2. The molecular formula is C41H40N12Na2O7S2. The molecule has 19 nitrogen and oxygen atoms in total. The predicted molar refractivity (Wildman–Crippen MR) is 233 cm³/mol. The number of anilines is 10. The van der Waals surface area contributed by atoms with Gasteiger partial charge in [-0.25, -0.2) is 16.8 Å². The van der Waals surface area contributed by atoms with Crippen LogP contribution in [0.5, 0.6) is 0 Å². The Morgan fingerprint density at radius 2 is 0.859 bits per heavy atom. The summed E-state index contributed by atoms with van der Waals surface area (Å²) in [7, 11) is -10.2. The predicted octanol–water partition coefficient (Wildman–Crippen LogP) is -0.155. The molecule has 6 aromatic rings. The first-order valence-corrected chi connectivity index (χ1v) is 22.4. The number of hydrogen-bond acceptors (Lipinski definition) is 19. The van der Waals surface area contributed by atoms with Gasteiger partial charge in [-0.1, -0.05) is 60.7 Å².